The van der Waals surface area contributed by atoms with Gasteiger partial charge in [-0.3, -0.25) is 4.79 Å². The van der Waals surface area contributed by atoms with E-state index in [-0.39, 0.29) is 0 Å². The summed E-state index contributed by atoms with van der Waals surface area (Å²) in [4.78, 5) is 11.9. The third-order valence-corrected chi connectivity index (χ3v) is 1.54. The van der Waals surface area contributed by atoms with Gasteiger partial charge in [0.1, 0.15) is 0 Å². The SMILES string of the molecule is C=CC.O=CN1CCCCC1. The predicted molar refractivity (Wildman–Crippen MR) is 47.4 cm³/mol. The van der Waals surface area contributed by atoms with Gasteiger partial charge in [-0.1, -0.05) is 6.08 Å². The molecule has 1 fully saturated rings. The van der Waals surface area contributed by atoms with Crippen molar-refractivity contribution in [2.45, 2.75) is 26.2 Å². The number of hydrogen-bond acceptors (Lipinski definition) is 1. The molecule has 11 heavy (non-hydrogen) atoms. The van der Waals surface area contributed by atoms with Crippen molar-refractivity contribution in [1.82, 2.24) is 4.90 Å². The van der Waals surface area contributed by atoms with Crippen molar-refractivity contribution in [1.29, 1.82) is 0 Å². The number of carbonyl (C=O) groups is 1. The molecule has 0 atom stereocenters. The van der Waals surface area contributed by atoms with Crippen molar-refractivity contribution in [2.75, 3.05) is 13.1 Å². The van der Waals surface area contributed by atoms with E-state index in [4.69, 9.17) is 0 Å². The molecule has 0 unspecified atom stereocenters. The molecule has 64 valence electrons. The summed E-state index contributed by atoms with van der Waals surface area (Å²) in [5, 5.41) is 0. The third kappa shape index (κ3) is 5.64. The highest BCUT2D eigenvalue weighted by molar-refractivity contribution is 5.46. The van der Waals surface area contributed by atoms with Crippen LogP contribution in [0.15, 0.2) is 12.7 Å². The summed E-state index contributed by atoms with van der Waals surface area (Å²) >= 11 is 0. The quantitative estimate of drug-likeness (QED) is 0.418. The van der Waals surface area contributed by atoms with Crippen LogP contribution in [0.25, 0.3) is 0 Å². The predicted octanol–water partition coefficient (Wildman–Crippen LogP) is 1.82. The Morgan fingerprint density at radius 2 is 1.73 bits per heavy atom. The highest BCUT2D eigenvalue weighted by atomic mass is 16.1. The Morgan fingerprint density at radius 3 is 2.00 bits per heavy atom. The highest BCUT2D eigenvalue weighted by Gasteiger charge is 2.05. The summed E-state index contributed by atoms with van der Waals surface area (Å²) in [6.45, 7) is 7.20. The summed E-state index contributed by atoms with van der Waals surface area (Å²) in [5.41, 5.74) is 0. The number of likely N-dealkylation sites (tertiary alicyclic amines) is 1. The Bertz CT molecular complexity index is 106. The molecule has 1 heterocycles. The molecule has 0 aromatic rings. The van der Waals surface area contributed by atoms with Crippen molar-refractivity contribution in [3.63, 3.8) is 0 Å². The van der Waals surface area contributed by atoms with Crippen LogP contribution in [0.3, 0.4) is 0 Å². The Morgan fingerprint density at radius 1 is 1.27 bits per heavy atom. The molecule has 0 aromatic heterocycles. The zero-order chi connectivity index (χ0) is 8.53. The molecule has 1 amide bonds. The van der Waals surface area contributed by atoms with Crippen molar-refractivity contribution >= 4 is 6.41 Å². The smallest absolute Gasteiger partial charge is 0.209 e. The van der Waals surface area contributed by atoms with Gasteiger partial charge in [-0.15, -0.1) is 6.58 Å². The summed E-state index contributed by atoms with van der Waals surface area (Å²) < 4.78 is 0. The second kappa shape index (κ2) is 7.32. The molecule has 1 aliphatic rings. The lowest BCUT2D eigenvalue weighted by molar-refractivity contribution is -0.118. The number of piperidine rings is 1. The maximum atomic E-state index is 10.1. The Kier molecular flexibility index (Phi) is 6.79. The lowest BCUT2D eigenvalue weighted by Gasteiger charge is -2.21. The maximum Gasteiger partial charge on any atom is 0.209 e. The molecular weight excluding hydrogens is 138 g/mol. The minimum absolute atomic E-state index is 0.944. The van der Waals surface area contributed by atoms with Crippen molar-refractivity contribution in [3.05, 3.63) is 12.7 Å². The minimum Gasteiger partial charge on any atom is -0.345 e. The van der Waals surface area contributed by atoms with Crippen LogP contribution >= 0.6 is 0 Å². The van der Waals surface area contributed by atoms with E-state index in [0.29, 0.717) is 0 Å². The van der Waals surface area contributed by atoms with E-state index in [9.17, 15) is 4.79 Å². The Hall–Kier alpha value is -0.790. The fourth-order valence-electron chi connectivity index (χ4n) is 1.02. The first-order chi connectivity index (χ1) is 5.35. The fraction of sp³-hybridized carbons (Fsp3) is 0.667. The molecule has 1 rings (SSSR count). The van der Waals surface area contributed by atoms with E-state index in [0.717, 1.165) is 19.5 Å². The number of allylic oxidation sites excluding steroid dienone is 1. The first-order valence-electron chi connectivity index (χ1n) is 4.11. The molecule has 0 radical (unpaired) electrons. The van der Waals surface area contributed by atoms with Crippen LogP contribution in [-0.2, 0) is 4.79 Å². The van der Waals surface area contributed by atoms with Crippen LogP contribution in [0, 0.1) is 0 Å². The van der Waals surface area contributed by atoms with Crippen molar-refractivity contribution in [3.8, 4) is 0 Å². The molecular formula is C9H17NO. The van der Waals surface area contributed by atoms with Gasteiger partial charge >= 0.3 is 0 Å². The monoisotopic (exact) mass is 155 g/mol. The van der Waals surface area contributed by atoms with Gasteiger partial charge < -0.3 is 4.90 Å². The van der Waals surface area contributed by atoms with Crippen molar-refractivity contribution < 1.29 is 4.79 Å². The van der Waals surface area contributed by atoms with E-state index in [1.165, 1.54) is 19.3 Å². The van der Waals surface area contributed by atoms with Gasteiger partial charge in [0.05, 0.1) is 0 Å². The van der Waals surface area contributed by atoms with E-state index < -0.39 is 0 Å². The molecule has 1 aliphatic heterocycles. The summed E-state index contributed by atoms with van der Waals surface area (Å²) in [5.74, 6) is 0. The summed E-state index contributed by atoms with van der Waals surface area (Å²) in [7, 11) is 0. The van der Waals surface area contributed by atoms with Crippen molar-refractivity contribution in [2.24, 2.45) is 0 Å². The van der Waals surface area contributed by atoms with Crippen LogP contribution < -0.4 is 0 Å². The first kappa shape index (κ1) is 10.2. The fourth-order valence-corrected chi connectivity index (χ4v) is 1.02. The Balaban J connectivity index is 0.000000292. The normalized spacial score (nSPS) is 16.3. The molecule has 0 aromatic carbocycles. The molecule has 2 heteroatoms. The summed E-state index contributed by atoms with van der Waals surface area (Å²) in [6.07, 6.45) is 6.38. The molecule has 0 spiro atoms. The number of amides is 1. The summed E-state index contributed by atoms with van der Waals surface area (Å²) in [6, 6.07) is 0. The third-order valence-electron chi connectivity index (χ3n) is 1.54. The zero-order valence-corrected chi connectivity index (χ0v) is 7.25. The molecule has 0 N–H and O–H groups in total. The highest BCUT2D eigenvalue weighted by Crippen LogP contribution is 2.05. The van der Waals surface area contributed by atoms with Gasteiger partial charge in [0.25, 0.3) is 0 Å². The number of carbonyl (C=O) groups excluding carboxylic acids is 1. The second-order valence-electron chi connectivity index (χ2n) is 2.61. The van der Waals surface area contributed by atoms with Gasteiger partial charge in [-0.2, -0.15) is 0 Å². The van der Waals surface area contributed by atoms with Gasteiger partial charge in [0.2, 0.25) is 6.41 Å². The van der Waals surface area contributed by atoms with Gasteiger partial charge in [0.15, 0.2) is 0 Å². The molecule has 0 aliphatic carbocycles. The molecule has 1 saturated heterocycles. The number of hydrogen-bond donors (Lipinski definition) is 0. The van der Waals surface area contributed by atoms with Gasteiger partial charge in [0, 0.05) is 13.1 Å². The van der Waals surface area contributed by atoms with E-state index >= 15 is 0 Å². The Labute approximate surface area is 68.9 Å². The lowest BCUT2D eigenvalue weighted by Crippen LogP contribution is -2.27. The standard InChI is InChI=1S/C6H11NO.C3H6/c8-6-7-4-2-1-3-5-7;1-3-2/h6H,1-5H2;3H,1H2,2H3. The molecule has 0 bridgehead atoms. The van der Waals surface area contributed by atoms with Crippen LogP contribution in [-0.4, -0.2) is 24.4 Å². The van der Waals surface area contributed by atoms with E-state index in [1.54, 1.807) is 6.08 Å². The molecule has 0 saturated carbocycles. The number of rotatable bonds is 1. The van der Waals surface area contributed by atoms with Crippen LogP contribution in [0.1, 0.15) is 26.2 Å². The van der Waals surface area contributed by atoms with Gasteiger partial charge in [-0.05, 0) is 26.2 Å². The molecule has 2 nitrogen and oxygen atoms in total. The average molecular weight is 155 g/mol. The first-order valence-corrected chi connectivity index (χ1v) is 4.11. The van der Waals surface area contributed by atoms with Gasteiger partial charge in [-0.25, -0.2) is 0 Å². The number of nitrogens with zero attached hydrogens (tertiary/aromatic N) is 1. The zero-order valence-electron chi connectivity index (χ0n) is 7.25. The lowest BCUT2D eigenvalue weighted by atomic mass is 10.1. The largest absolute Gasteiger partial charge is 0.345 e. The second-order valence-corrected chi connectivity index (χ2v) is 2.61. The maximum absolute atomic E-state index is 10.1. The van der Waals surface area contributed by atoms with E-state index in [1.807, 2.05) is 11.8 Å². The van der Waals surface area contributed by atoms with E-state index in [2.05, 4.69) is 6.58 Å². The van der Waals surface area contributed by atoms with Crippen LogP contribution in [0.2, 0.25) is 0 Å². The topological polar surface area (TPSA) is 20.3 Å². The van der Waals surface area contributed by atoms with Crippen LogP contribution in [0.4, 0.5) is 0 Å². The van der Waals surface area contributed by atoms with Crippen LogP contribution in [0.5, 0.6) is 0 Å². The average Bonchev–Trinajstić information content (AvgIpc) is 2.08. The minimum atomic E-state index is 0.944.